The zero-order chi connectivity index (χ0) is 18.3. The molecule has 1 atom stereocenters. The van der Waals surface area contributed by atoms with Gasteiger partial charge in [0.1, 0.15) is 12.4 Å². The number of ether oxygens (including phenoxy) is 1. The van der Waals surface area contributed by atoms with Crippen LogP contribution in [0.4, 0.5) is 4.39 Å². The molecule has 0 amide bonds. The Morgan fingerprint density at radius 1 is 1.35 bits per heavy atom. The van der Waals surface area contributed by atoms with Gasteiger partial charge in [0, 0.05) is 13.0 Å². The van der Waals surface area contributed by atoms with Gasteiger partial charge >= 0.3 is 5.97 Å². The van der Waals surface area contributed by atoms with Crippen molar-refractivity contribution in [3.63, 3.8) is 0 Å². The van der Waals surface area contributed by atoms with Crippen LogP contribution < -0.4 is 0 Å². The van der Waals surface area contributed by atoms with Gasteiger partial charge in [0.2, 0.25) is 0 Å². The average Bonchev–Trinajstić information content (AvgIpc) is 3.41. The fraction of sp³-hybridized carbons (Fsp3) is 0.571. The Morgan fingerprint density at radius 3 is 2.73 bits per heavy atom. The monoisotopic (exact) mass is 359 g/mol. The summed E-state index contributed by atoms with van der Waals surface area (Å²) in [5.74, 6) is 0.701. The van der Waals surface area contributed by atoms with Crippen LogP contribution in [0.2, 0.25) is 0 Å². The molecule has 140 valence electrons. The number of carboxylic acids is 1. The van der Waals surface area contributed by atoms with Crippen molar-refractivity contribution in [3.05, 3.63) is 47.5 Å². The Balaban J connectivity index is 1.45. The minimum atomic E-state index is -0.646. The molecule has 0 aromatic heterocycles. The van der Waals surface area contributed by atoms with Crippen LogP contribution >= 0.6 is 0 Å². The first-order chi connectivity index (χ1) is 12.5. The van der Waals surface area contributed by atoms with Gasteiger partial charge in [-0.1, -0.05) is 12.6 Å². The molecule has 0 radical (unpaired) electrons. The van der Waals surface area contributed by atoms with E-state index in [4.69, 9.17) is 4.74 Å². The summed E-state index contributed by atoms with van der Waals surface area (Å²) in [5, 5.41) is 9.40. The number of nitrogens with zero attached hydrogens (tertiary/aromatic N) is 1. The van der Waals surface area contributed by atoms with E-state index >= 15 is 0 Å². The number of allylic oxidation sites excluding steroid dienone is 1. The quantitative estimate of drug-likeness (QED) is 0.885. The molecule has 2 heterocycles. The molecule has 26 heavy (non-hydrogen) atoms. The van der Waals surface area contributed by atoms with E-state index in [0.29, 0.717) is 25.0 Å². The molecule has 1 N–H and O–H groups in total. The highest BCUT2D eigenvalue weighted by molar-refractivity contribution is 5.78. The summed E-state index contributed by atoms with van der Waals surface area (Å²) in [6, 6.07) is 5.03. The summed E-state index contributed by atoms with van der Waals surface area (Å²) >= 11 is 0. The van der Waals surface area contributed by atoms with E-state index in [2.05, 4.69) is 11.5 Å². The second kappa shape index (κ2) is 6.69. The second-order valence-electron chi connectivity index (χ2n) is 8.18. The highest BCUT2D eigenvalue weighted by atomic mass is 19.1. The van der Waals surface area contributed by atoms with Gasteiger partial charge in [-0.2, -0.15) is 0 Å². The lowest BCUT2D eigenvalue weighted by Gasteiger charge is -2.37. The van der Waals surface area contributed by atoms with E-state index in [1.54, 1.807) is 12.1 Å². The SMILES string of the molecule is C=C1CC(C2CCN(CC3(C(=O)O)CC3)CC2)c2ccc(F)cc2CO1. The van der Waals surface area contributed by atoms with E-state index < -0.39 is 11.4 Å². The number of likely N-dealkylation sites (tertiary alicyclic amines) is 1. The minimum Gasteiger partial charge on any atom is -0.494 e. The lowest BCUT2D eigenvalue weighted by Crippen LogP contribution is -2.41. The Kier molecular flexibility index (Phi) is 4.51. The highest BCUT2D eigenvalue weighted by Crippen LogP contribution is 2.47. The Bertz CT molecular complexity index is 720. The van der Waals surface area contributed by atoms with Gasteiger partial charge in [0.25, 0.3) is 0 Å². The van der Waals surface area contributed by atoms with Crippen LogP contribution in [0.15, 0.2) is 30.5 Å². The number of fused-ring (bicyclic) bond motifs is 1. The third kappa shape index (κ3) is 3.37. The van der Waals surface area contributed by atoms with Crippen LogP contribution in [0.25, 0.3) is 0 Å². The number of hydrogen-bond acceptors (Lipinski definition) is 3. The van der Waals surface area contributed by atoms with E-state index in [9.17, 15) is 14.3 Å². The fourth-order valence-corrected chi connectivity index (χ4v) is 4.61. The lowest BCUT2D eigenvalue weighted by molar-refractivity contribution is -0.144. The first-order valence-corrected chi connectivity index (χ1v) is 9.51. The molecule has 4 rings (SSSR count). The molecule has 1 saturated carbocycles. The number of benzene rings is 1. The third-order valence-corrected chi connectivity index (χ3v) is 6.42. The zero-order valence-electron chi connectivity index (χ0n) is 15.0. The Morgan fingerprint density at radius 2 is 2.08 bits per heavy atom. The van der Waals surface area contributed by atoms with E-state index in [1.807, 2.05) is 6.07 Å². The van der Waals surface area contributed by atoms with E-state index in [-0.39, 0.29) is 5.82 Å². The van der Waals surface area contributed by atoms with Crippen molar-refractivity contribution in [2.45, 2.75) is 44.6 Å². The van der Waals surface area contributed by atoms with Crippen LogP contribution in [-0.4, -0.2) is 35.6 Å². The van der Waals surface area contributed by atoms with Gasteiger partial charge in [-0.25, -0.2) is 4.39 Å². The van der Waals surface area contributed by atoms with Crippen molar-refractivity contribution >= 4 is 5.97 Å². The number of piperidine rings is 1. The number of aliphatic carboxylic acids is 1. The summed E-state index contributed by atoms with van der Waals surface area (Å²) < 4.78 is 19.3. The molecular weight excluding hydrogens is 333 g/mol. The fourth-order valence-electron chi connectivity index (χ4n) is 4.61. The van der Waals surface area contributed by atoms with Crippen molar-refractivity contribution in [1.82, 2.24) is 4.90 Å². The molecular formula is C21H26FNO3. The normalized spacial score (nSPS) is 25.9. The molecule has 1 aromatic rings. The summed E-state index contributed by atoms with van der Waals surface area (Å²) in [4.78, 5) is 13.7. The van der Waals surface area contributed by atoms with Gasteiger partial charge in [-0.15, -0.1) is 0 Å². The summed E-state index contributed by atoms with van der Waals surface area (Å²) in [7, 11) is 0. The second-order valence-corrected chi connectivity index (χ2v) is 8.18. The van der Waals surface area contributed by atoms with E-state index in [1.165, 1.54) is 5.56 Å². The molecule has 1 saturated heterocycles. The molecule has 1 aromatic carbocycles. The zero-order valence-corrected chi connectivity index (χ0v) is 15.0. The van der Waals surface area contributed by atoms with Crippen molar-refractivity contribution in [2.75, 3.05) is 19.6 Å². The van der Waals surface area contributed by atoms with Gasteiger partial charge in [-0.05, 0) is 73.9 Å². The number of hydrogen-bond donors (Lipinski definition) is 1. The van der Waals surface area contributed by atoms with E-state index in [0.717, 1.165) is 56.5 Å². The molecule has 0 bridgehead atoms. The molecule has 3 aliphatic rings. The van der Waals surface area contributed by atoms with Gasteiger partial charge in [0.15, 0.2) is 0 Å². The molecule has 4 nitrogen and oxygen atoms in total. The van der Waals surface area contributed by atoms with Crippen LogP contribution in [0, 0.1) is 17.2 Å². The van der Waals surface area contributed by atoms with Crippen molar-refractivity contribution in [2.24, 2.45) is 11.3 Å². The van der Waals surface area contributed by atoms with Gasteiger partial charge < -0.3 is 14.7 Å². The molecule has 0 spiro atoms. The van der Waals surface area contributed by atoms with Crippen LogP contribution in [0.5, 0.6) is 0 Å². The molecule has 2 aliphatic heterocycles. The maximum atomic E-state index is 13.6. The number of carbonyl (C=O) groups is 1. The first-order valence-electron chi connectivity index (χ1n) is 9.51. The number of halogens is 1. The van der Waals surface area contributed by atoms with Crippen LogP contribution in [-0.2, 0) is 16.1 Å². The molecule has 5 heteroatoms. The third-order valence-electron chi connectivity index (χ3n) is 6.42. The topological polar surface area (TPSA) is 49.8 Å². The molecule has 1 aliphatic carbocycles. The maximum absolute atomic E-state index is 13.6. The average molecular weight is 359 g/mol. The number of carboxylic acid groups (broad SMARTS) is 1. The van der Waals surface area contributed by atoms with Crippen molar-refractivity contribution in [1.29, 1.82) is 0 Å². The van der Waals surface area contributed by atoms with Crippen molar-refractivity contribution in [3.8, 4) is 0 Å². The Labute approximate surface area is 153 Å². The molecule has 2 fully saturated rings. The minimum absolute atomic E-state index is 0.225. The summed E-state index contributed by atoms with van der Waals surface area (Å²) in [6.07, 6.45) is 4.46. The van der Waals surface area contributed by atoms with Gasteiger partial charge in [0.05, 0.1) is 11.2 Å². The number of rotatable bonds is 4. The summed E-state index contributed by atoms with van der Waals surface area (Å²) in [5.41, 5.74) is 1.63. The summed E-state index contributed by atoms with van der Waals surface area (Å²) in [6.45, 7) is 6.95. The molecule has 1 unspecified atom stereocenters. The lowest BCUT2D eigenvalue weighted by atomic mass is 9.76. The maximum Gasteiger partial charge on any atom is 0.310 e. The largest absolute Gasteiger partial charge is 0.494 e. The van der Waals surface area contributed by atoms with Crippen LogP contribution in [0.3, 0.4) is 0 Å². The highest BCUT2D eigenvalue weighted by Gasteiger charge is 2.51. The predicted molar refractivity (Wildman–Crippen MR) is 96.2 cm³/mol. The smallest absolute Gasteiger partial charge is 0.310 e. The van der Waals surface area contributed by atoms with Crippen LogP contribution in [0.1, 0.15) is 49.1 Å². The van der Waals surface area contributed by atoms with Gasteiger partial charge in [-0.3, -0.25) is 4.79 Å². The Hall–Kier alpha value is -1.88. The standard InChI is InChI=1S/C21H26FNO3/c1-14-10-19(18-3-2-17(22)11-16(18)12-26-14)15-4-8-23(9-5-15)13-21(6-7-21)20(24)25/h2-3,11,15,19H,1,4-10,12-13H2,(H,24,25). The predicted octanol–water partition coefficient (Wildman–Crippen LogP) is 3.92. The first kappa shape index (κ1) is 17.5. The van der Waals surface area contributed by atoms with Crippen molar-refractivity contribution < 1.29 is 19.0 Å².